The summed E-state index contributed by atoms with van der Waals surface area (Å²) in [5, 5.41) is 0. The Morgan fingerprint density at radius 2 is 1.83 bits per heavy atom. The van der Waals surface area contributed by atoms with E-state index in [-0.39, 0.29) is 0 Å². The molecular weight excluding hydrogens is 189 g/mol. The van der Waals surface area contributed by atoms with Crippen LogP contribution in [0.4, 0.5) is 0 Å². The van der Waals surface area contributed by atoms with Gasteiger partial charge in [-0.2, -0.15) is 0 Å². The topological polar surface area (TPSA) is 26.0 Å². The third-order valence-corrected chi connectivity index (χ3v) is 6.98. The molecule has 1 nitrogen and oxygen atoms in total. The first-order valence-electron chi connectivity index (χ1n) is 2.03. The van der Waals surface area contributed by atoms with E-state index in [2.05, 4.69) is 13.8 Å². The quantitative estimate of drug-likeness (QED) is 0.353. The number of hydrogen-bond acceptors (Lipinski definition) is 1. The second-order valence-corrected chi connectivity index (χ2v) is 8.20. The van der Waals surface area contributed by atoms with Gasteiger partial charge in [0.05, 0.1) is 0 Å². The predicted molar refractivity (Wildman–Crippen MR) is 37.2 cm³/mol. The molecule has 0 amide bonds. The van der Waals surface area contributed by atoms with Crippen LogP contribution >= 0.6 is 20.1 Å². The van der Waals surface area contributed by atoms with Crippen molar-refractivity contribution in [1.82, 2.24) is 0 Å². The monoisotopic (exact) mass is 199 g/mol. The fourth-order valence-electron chi connectivity index (χ4n) is 0.317. The molecule has 0 radical (unpaired) electrons. The average Bonchev–Trinajstić information content (AvgIpc) is 1.73. The number of hydrogen-bond donors (Lipinski definition) is 1. The Bertz CT molecular complexity index is 69.9. The molecule has 1 fully saturated rings. The van der Waals surface area contributed by atoms with E-state index in [1.54, 1.807) is 0 Å². The summed E-state index contributed by atoms with van der Waals surface area (Å²) in [5.41, 5.74) is 0. The molecule has 1 aliphatic rings. The van der Waals surface area contributed by atoms with Gasteiger partial charge in [-0.05, 0) is 0 Å². The third-order valence-electron chi connectivity index (χ3n) is 1.04. The van der Waals surface area contributed by atoms with E-state index in [1.807, 2.05) is 0 Å². The van der Waals surface area contributed by atoms with Crippen LogP contribution in [-0.4, -0.2) is 7.85 Å². The van der Waals surface area contributed by atoms with Gasteiger partial charge in [0.1, 0.15) is 0 Å². The van der Waals surface area contributed by atoms with Gasteiger partial charge in [0.25, 0.3) is 0 Å². The second-order valence-electron chi connectivity index (χ2n) is 2.25. The molecule has 2 N–H and O–H groups in total. The fraction of sp³-hybridized carbons (Fsp3) is 1.00. The molecule has 1 rings (SSSR count). The van der Waals surface area contributed by atoms with Crippen LogP contribution in [0.25, 0.3) is 0 Å². The fourth-order valence-corrected chi connectivity index (χ4v) is 3.24. The third kappa shape index (κ3) is 0.680. The van der Waals surface area contributed by atoms with Crippen molar-refractivity contribution in [2.45, 2.75) is 17.3 Å². The van der Waals surface area contributed by atoms with Crippen LogP contribution in [0.3, 0.4) is 0 Å². The maximum atomic E-state index is 5.66. The number of halogens is 1. The summed E-state index contributed by atoms with van der Waals surface area (Å²) in [4.78, 5) is 0. The first kappa shape index (κ1) is 4.84. The number of nitrogens with two attached hydrogens (primary N) is 1. The Morgan fingerprint density at radius 1 is 1.67 bits per heavy atom. The van der Waals surface area contributed by atoms with E-state index < -0.39 is 20.1 Å². The molecule has 0 aromatic carbocycles. The summed E-state index contributed by atoms with van der Waals surface area (Å²) in [5.74, 6) is 0. The van der Waals surface area contributed by atoms with Crippen molar-refractivity contribution in [3.8, 4) is 0 Å². The van der Waals surface area contributed by atoms with E-state index >= 15 is 0 Å². The molecule has 2 heteroatoms. The average molecular weight is 199 g/mol. The molecule has 6 heavy (non-hydrogen) atoms. The first-order chi connectivity index (χ1) is 2.63. The minimum absolute atomic E-state index is 0.643. The Morgan fingerprint density at radius 3 is 1.83 bits per heavy atom. The summed E-state index contributed by atoms with van der Waals surface area (Å²) in [6.45, 7) is 4.52. The van der Waals surface area contributed by atoms with E-state index in [1.165, 1.54) is 4.43 Å². The van der Waals surface area contributed by atoms with E-state index in [9.17, 15) is 0 Å². The maximum absolute atomic E-state index is 5.66. The van der Waals surface area contributed by atoms with Crippen LogP contribution in [0.15, 0.2) is 0 Å². The molecular formula is C4H10IN. The van der Waals surface area contributed by atoms with Crippen LogP contribution in [-0.2, 0) is 0 Å². The molecule has 38 valence electrons. The van der Waals surface area contributed by atoms with Gasteiger partial charge in [-0.25, -0.2) is 0 Å². The van der Waals surface area contributed by atoms with Crippen molar-refractivity contribution in [3.63, 3.8) is 0 Å². The van der Waals surface area contributed by atoms with Crippen molar-refractivity contribution in [3.05, 3.63) is 0 Å². The second kappa shape index (κ2) is 1.10. The molecule has 0 aromatic heterocycles. The predicted octanol–water partition coefficient (Wildman–Crippen LogP) is 1.16. The van der Waals surface area contributed by atoms with E-state index in [0.717, 1.165) is 0 Å². The van der Waals surface area contributed by atoms with Crippen LogP contribution in [0.1, 0.15) is 13.8 Å². The summed E-state index contributed by atoms with van der Waals surface area (Å²) in [7, 11) is 0. The molecule has 0 spiro atoms. The summed E-state index contributed by atoms with van der Waals surface area (Å²) >= 11 is -0.738. The normalized spacial score (nSPS) is 33.5. The molecule has 0 aromatic rings. The van der Waals surface area contributed by atoms with Gasteiger partial charge >= 0.3 is 45.7 Å². The van der Waals surface area contributed by atoms with Crippen molar-refractivity contribution in [1.29, 1.82) is 0 Å². The van der Waals surface area contributed by atoms with Gasteiger partial charge in [-0.15, -0.1) is 0 Å². The molecule has 0 bridgehead atoms. The Hall–Kier alpha value is 0.690. The zero-order valence-electron chi connectivity index (χ0n) is 4.16. The Labute approximate surface area is 46.0 Å². The van der Waals surface area contributed by atoms with Crippen LogP contribution < -0.4 is 3.95 Å². The van der Waals surface area contributed by atoms with Crippen molar-refractivity contribution < 1.29 is 0 Å². The molecule has 1 saturated heterocycles. The van der Waals surface area contributed by atoms with Crippen LogP contribution in [0.5, 0.6) is 0 Å². The van der Waals surface area contributed by atoms with E-state index in [4.69, 9.17) is 3.95 Å². The first-order valence-corrected chi connectivity index (χ1v) is 5.88. The molecule has 1 aliphatic heterocycles. The zero-order chi connectivity index (χ0) is 4.78. The Kier molecular flexibility index (Phi) is 0.883. The van der Waals surface area contributed by atoms with Crippen molar-refractivity contribution in [2.24, 2.45) is 3.95 Å². The van der Waals surface area contributed by atoms with Crippen LogP contribution in [0.2, 0.25) is 0 Å². The summed E-state index contributed by atoms with van der Waals surface area (Å²) in [6, 6.07) is 0. The van der Waals surface area contributed by atoms with E-state index in [0.29, 0.717) is 3.42 Å². The van der Waals surface area contributed by atoms with Gasteiger partial charge in [0.2, 0.25) is 0 Å². The molecule has 0 unspecified atom stereocenters. The van der Waals surface area contributed by atoms with Gasteiger partial charge < -0.3 is 0 Å². The summed E-state index contributed by atoms with van der Waals surface area (Å²) in [6.07, 6.45) is 0. The Balaban J connectivity index is 2.41. The molecule has 0 atom stereocenters. The van der Waals surface area contributed by atoms with Crippen molar-refractivity contribution in [2.75, 3.05) is 4.43 Å². The molecule has 0 aliphatic carbocycles. The van der Waals surface area contributed by atoms with Crippen LogP contribution in [0, 0.1) is 0 Å². The number of alkyl halides is 2. The minimum atomic E-state index is -0.738. The summed E-state index contributed by atoms with van der Waals surface area (Å²) < 4.78 is 7.67. The van der Waals surface area contributed by atoms with Gasteiger partial charge in [-0.3, -0.25) is 0 Å². The van der Waals surface area contributed by atoms with Gasteiger partial charge in [-0.1, -0.05) is 0 Å². The standard InChI is InChI=1S/C4H10IN/c1-4(2)3-5(4)6/h3,6H2,1-2H3. The SMILES string of the molecule is CC1(C)CI1N. The number of rotatable bonds is 0. The molecule has 0 saturated carbocycles. The molecule has 1 heterocycles. The van der Waals surface area contributed by atoms with Crippen molar-refractivity contribution >= 4 is 20.1 Å². The van der Waals surface area contributed by atoms with Gasteiger partial charge in [0, 0.05) is 0 Å². The zero-order valence-corrected chi connectivity index (χ0v) is 6.32. The van der Waals surface area contributed by atoms with Gasteiger partial charge in [0.15, 0.2) is 0 Å².